The Bertz CT molecular complexity index is 996. The van der Waals surface area contributed by atoms with Gasteiger partial charge in [0.2, 0.25) is 0 Å². The molecule has 10 heteroatoms. The van der Waals surface area contributed by atoms with Gasteiger partial charge in [0, 0.05) is 38.3 Å². The number of esters is 3. The van der Waals surface area contributed by atoms with E-state index >= 15 is 0 Å². The van der Waals surface area contributed by atoms with Crippen molar-refractivity contribution in [2.24, 2.45) is 0 Å². The summed E-state index contributed by atoms with van der Waals surface area (Å²) in [6.07, 6.45) is 0.369. The molecule has 1 N–H and O–H groups in total. The minimum atomic E-state index is -1.02. The van der Waals surface area contributed by atoms with Gasteiger partial charge in [-0.05, 0) is 17.2 Å². The summed E-state index contributed by atoms with van der Waals surface area (Å²) >= 11 is 1.27. The van der Waals surface area contributed by atoms with Gasteiger partial charge in [-0.2, -0.15) is 0 Å². The molecule has 1 aliphatic rings. The molecule has 33 heavy (non-hydrogen) atoms. The molecule has 0 bridgehead atoms. The van der Waals surface area contributed by atoms with Gasteiger partial charge in [0.15, 0.2) is 23.7 Å². The van der Waals surface area contributed by atoms with Gasteiger partial charge in [-0.15, -0.1) is 11.8 Å². The van der Waals surface area contributed by atoms with Crippen LogP contribution in [0.1, 0.15) is 26.3 Å². The van der Waals surface area contributed by atoms with Gasteiger partial charge < -0.3 is 24.1 Å². The van der Waals surface area contributed by atoms with Crippen molar-refractivity contribution < 1.29 is 38.4 Å². The van der Waals surface area contributed by atoms with Crippen LogP contribution in [0.2, 0.25) is 0 Å². The van der Waals surface area contributed by atoms with Crippen molar-refractivity contribution in [1.82, 2.24) is 4.98 Å². The second kappa shape index (κ2) is 11.2. The summed E-state index contributed by atoms with van der Waals surface area (Å²) < 4.78 is 22.2. The standard InChI is InChI=1S/C23H25NO8S/c1-13(26)29-20-12-33-23(22(31-15(3)28)21(20)30-14(2)27)32-19-8-18(9-24-10-19)17-6-4-16(11-25)5-7-17/h4-10,20-23,25H,11-12H2,1-3H3/t20-,21+,22-,23+/m1/s1. The lowest BCUT2D eigenvalue weighted by atomic mass is 10.1. The molecule has 0 unspecified atom stereocenters. The predicted molar refractivity (Wildman–Crippen MR) is 119 cm³/mol. The molecule has 1 aromatic heterocycles. The number of thioether (sulfide) groups is 1. The van der Waals surface area contributed by atoms with Gasteiger partial charge in [-0.1, -0.05) is 24.3 Å². The minimum Gasteiger partial charge on any atom is -0.474 e. The number of benzene rings is 1. The lowest BCUT2D eigenvalue weighted by molar-refractivity contribution is -0.186. The highest BCUT2D eigenvalue weighted by atomic mass is 32.2. The van der Waals surface area contributed by atoms with Crippen LogP contribution >= 0.6 is 11.8 Å². The second-order valence-electron chi connectivity index (χ2n) is 7.38. The number of ether oxygens (including phenoxy) is 4. The molecular weight excluding hydrogens is 450 g/mol. The van der Waals surface area contributed by atoms with E-state index in [-0.39, 0.29) is 12.4 Å². The molecule has 1 aromatic carbocycles. The Balaban J connectivity index is 1.85. The smallest absolute Gasteiger partial charge is 0.303 e. The fraction of sp³-hybridized carbons (Fsp3) is 0.391. The number of carbonyl (C=O) groups excluding carboxylic acids is 3. The van der Waals surface area contributed by atoms with E-state index in [1.165, 1.54) is 38.7 Å². The highest BCUT2D eigenvalue weighted by molar-refractivity contribution is 7.99. The molecule has 4 atom stereocenters. The molecule has 2 heterocycles. The van der Waals surface area contributed by atoms with Crippen molar-refractivity contribution >= 4 is 29.7 Å². The van der Waals surface area contributed by atoms with Crippen molar-refractivity contribution in [3.63, 3.8) is 0 Å². The largest absolute Gasteiger partial charge is 0.474 e. The maximum atomic E-state index is 11.8. The van der Waals surface area contributed by atoms with E-state index in [0.29, 0.717) is 5.75 Å². The van der Waals surface area contributed by atoms with E-state index in [9.17, 15) is 19.5 Å². The number of carbonyl (C=O) groups is 3. The third-order valence-corrected chi connectivity index (χ3v) is 5.95. The molecule has 0 aliphatic carbocycles. The minimum absolute atomic E-state index is 0.0457. The average Bonchev–Trinajstić information content (AvgIpc) is 2.77. The Morgan fingerprint density at radius 3 is 2.18 bits per heavy atom. The molecule has 0 amide bonds. The molecule has 9 nitrogen and oxygen atoms in total. The Hall–Kier alpha value is -3.11. The van der Waals surface area contributed by atoms with Crippen molar-refractivity contribution in [2.75, 3.05) is 5.75 Å². The second-order valence-corrected chi connectivity index (χ2v) is 8.51. The van der Waals surface area contributed by atoms with E-state index < -0.39 is 41.7 Å². The lowest BCUT2D eigenvalue weighted by Crippen LogP contribution is -2.55. The Labute approximate surface area is 195 Å². The first-order valence-electron chi connectivity index (χ1n) is 10.2. The van der Waals surface area contributed by atoms with Crippen LogP contribution in [0.5, 0.6) is 5.75 Å². The van der Waals surface area contributed by atoms with Crippen LogP contribution in [0.3, 0.4) is 0 Å². The number of rotatable bonds is 7. The van der Waals surface area contributed by atoms with E-state index in [0.717, 1.165) is 16.7 Å². The highest BCUT2D eigenvalue weighted by Crippen LogP contribution is 2.35. The lowest BCUT2D eigenvalue weighted by Gasteiger charge is -2.39. The topological polar surface area (TPSA) is 121 Å². The molecule has 0 radical (unpaired) electrons. The fourth-order valence-corrected chi connectivity index (χ4v) is 4.60. The van der Waals surface area contributed by atoms with E-state index in [2.05, 4.69) is 4.98 Å². The fourth-order valence-electron chi connectivity index (χ4n) is 3.39. The van der Waals surface area contributed by atoms with Gasteiger partial charge in [0.05, 0.1) is 12.8 Å². The maximum Gasteiger partial charge on any atom is 0.303 e. The normalized spacial score (nSPS) is 22.2. The van der Waals surface area contributed by atoms with E-state index in [1.807, 2.05) is 24.3 Å². The quantitative estimate of drug-likeness (QED) is 0.472. The monoisotopic (exact) mass is 475 g/mol. The van der Waals surface area contributed by atoms with Gasteiger partial charge in [0.25, 0.3) is 0 Å². The first kappa shape index (κ1) is 24.5. The van der Waals surface area contributed by atoms with Crippen molar-refractivity contribution in [3.8, 4) is 16.9 Å². The molecule has 2 aromatic rings. The SMILES string of the molecule is CC(=O)O[C@@H]1[C@@H](OC(C)=O)[C@@H](Oc2cncc(-c3ccc(CO)cc3)c2)SC[C@H]1OC(C)=O. The molecule has 0 spiro atoms. The van der Waals surface area contributed by atoms with Crippen LogP contribution in [0.15, 0.2) is 42.7 Å². The highest BCUT2D eigenvalue weighted by Gasteiger charge is 2.47. The van der Waals surface area contributed by atoms with Gasteiger partial charge in [-0.3, -0.25) is 19.4 Å². The summed E-state index contributed by atoms with van der Waals surface area (Å²) in [6.45, 7) is 3.67. The van der Waals surface area contributed by atoms with E-state index in [4.69, 9.17) is 18.9 Å². The average molecular weight is 476 g/mol. The van der Waals surface area contributed by atoms with Crippen LogP contribution in [-0.4, -0.2) is 57.5 Å². The predicted octanol–water partition coefficient (Wildman–Crippen LogP) is 2.49. The van der Waals surface area contributed by atoms with Crippen molar-refractivity contribution in [3.05, 3.63) is 48.3 Å². The molecule has 1 fully saturated rings. The third-order valence-electron chi connectivity index (χ3n) is 4.74. The summed E-state index contributed by atoms with van der Waals surface area (Å²) in [5, 5.41) is 9.23. The van der Waals surface area contributed by atoms with Gasteiger partial charge in [0.1, 0.15) is 5.75 Å². The molecule has 1 aliphatic heterocycles. The molecule has 3 rings (SSSR count). The Morgan fingerprint density at radius 2 is 1.58 bits per heavy atom. The Morgan fingerprint density at radius 1 is 0.939 bits per heavy atom. The van der Waals surface area contributed by atoms with Gasteiger partial charge >= 0.3 is 17.9 Å². The zero-order chi connectivity index (χ0) is 24.0. The number of nitrogens with zero attached hydrogens (tertiary/aromatic N) is 1. The molecule has 0 saturated carbocycles. The van der Waals surface area contributed by atoms with Gasteiger partial charge in [-0.25, -0.2) is 0 Å². The van der Waals surface area contributed by atoms with Crippen LogP contribution in [0.25, 0.3) is 11.1 Å². The number of aliphatic hydroxyl groups is 1. The third kappa shape index (κ3) is 6.69. The number of hydrogen-bond donors (Lipinski definition) is 1. The number of aromatic nitrogens is 1. The Kier molecular flexibility index (Phi) is 8.29. The van der Waals surface area contributed by atoms with Crippen molar-refractivity contribution in [2.45, 2.75) is 51.1 Å². The molecular formula is C23H25NO8S. The van der Waals surface area contributed by atoms with Crippen LogP contribution in [0, 0.1) is 0 Å². The van der Waals surface area contributed by atoms with Crippen LogP contribution in [0.4, 0.5) is 0 Å². The number of pyridine rings is 1. The summed E-state index contributed by atoms with van der Waals surface area (Å²) in [6, 6.07) is 9.14. The van der Waals surface area contributed by atoms with E-state index in [1.54, 1.807) is 12.3 Å². The first-order valence-corrected chi connectivity index (χ1v) is 11.3. The van der Waals surface area contributed by atoms with Crippen LogP contribution in [-0.2, 0) is 35.2 Å². The maximum absolute atomic E-state index is 11.8. The van der Waals surface area contributed by atoms with Crippen molar-refractivity contribution in [1.29, 1.82) is 0 Å². The summed E-state index contributed by atoms with van der Waals surface area (Å²) in [5.74, 6) is -1.04. The number of aliphatic hydroxyl groups excluding tert-OH is 1. The number of hydrogen-bond acceptors (Lipinski definition) is 10. The summed E-state index contributed by atoms with van der Waals surface area (Å²) in [7, 11) is 0. The molecule has 1 saturated heterocycles. The summed E-state index contributed by atoms with van der Waals surface area (Å²) in [4.78, 5) is 39.3. The summed E-state index contributed by atoms with van der Waals surface area (Å²) in [5.41, 5.74) is 1.72. The zero-order valence-electron chi connectivity index (χ0n) is 18.4. The van der Waals surface area contributed by atoms with Crippen LogP contribution < -0.4 is 4.74 Å². The first-order chi connectivity index (χ1) is 15.8. The zero-order valence-corrected chi connectivity index (χ0v) is 19.2. The molecule has 176 valence electrons.